The number of methoxy groups -OCH3 is 1. The number of nitrogens with zero attached hydrogens (tertiary/aromatic N) is 3. The molecule has 0 saturated carbocycles. The first-order valence-electron chi connectivity index (χ1n) is 7.56. The van der Waals surface area contributed by atoms with Gasteiger partial charge in [-0.3, -0.25) is 4.99 Å². The summed E-state index contributed by atoms with van der Waals surface area (Å²) in [5.74, 6) is 0.879. The number of aromatic nitrogens is 1. The molecule has 0 aliphatic carbocycles. The van der Waals surface area contributed by atoms with E-state index in [-0.39, 0.29) is 0 Å². The lowest BCUT2D eigenvalue weighted by molar-refractivity contribution is 0.163. The molecule has 120 valence electrons. The van der Waals surface area contributed by atoms with Gasteiger partial charge in [0.25, 0.3) is 0 Å². The molecule has 0 aromatic carbocycles. The number of likely N-dealkylation sites (N-methyl/N-ethyl adjacent to an activating group) is 1. The van der Waals surface area contributed by atoms with Crippen molar-refractivity contribution in [1.29, 1.82) is 0 Å². The number of hydrogen-bond donors (Lipinski definition) is 2. The van der Waals surface area contributed by atoms with Gasteiger partial charge in [0.15, 0.2) is 5.96 Å². The summed E-state index contributed by atoms with van der Waals surface area (Å²) in [5, 5.41) is 6.62. The number of aliphatic imine (C=N–C) groups is 1. The van der Waals surface area contributed by atoms with Gasteiger partial charge in [-0.25, -0.2) is 0 Å². The highest BCUT2D eigenvalue weighted by Gasteiger charge is 1.99. The lowest BCUT2D eigenvalue weighted by Crippen LogP contribution is -2.39. The van der Waals surface area contributed by atoms with E-state index in [2.05, 4.69) is 51.5 Å². The first kappa shape index (κ1) is 17.5. The highest BCUT2D eigenvalue weighted by atomic mass is 16.5. The van der Waals surface area contributed by atoms with Crippen LogP contribution in [0.25, 0.3) is 0 Å². The van der Waals surface area contributed by atoms with Gasteiger partial charge < -0.3 is 24.8 Å². The number of ether oxygens (including phenoxy) is 1. The Labute approximate surface area is 128 Å². The van der Waals surface area contributed by atoms with Crippen molar-refractivity contribution in [3.05, 3.63) is 24.5 Å². The van der Waals surface area contributed by atoms with E-state index in [1.807, 2.05) is 12.1 Å². The molecule has 0 atom stereocenters. The quantitative estimate of drug-likeness (QED) is 0.491. The maximum Gasteiger partial charge on any atom is 0.191 e. The molecule has 1 aromatic heterocycles. The summed E-state index contributed by atoms with van der Waals surface area (Å²) in [7, 11) is 3.81. The van der Waals surface area contributed by atoms with Crippen LogP contribution in [0.5, 0.6) is 0 Å². The smallest absolute Gasteiger partial charge is 0.191 e. The SMILES string of the molecule is CCNC(=NCCN(C)CCOC)NCCn1cccc1. The van der Waals surface area contributed by atoms with Gasteiger partial charge in [0.1, 0.15) is 0 Å². The minimum absolute atomic E-state index is 0.759. The minimum Gasteiger partial charge on any atom is -0.383 e. The molecule has 0 bridgehead atoms. The van der Waals surface area contributed by atoms with Gasteiger partial charge in [0.2, 0.25) is 0 Å². The Kier molecular flexibility index (Phi) is 9.32. The first-order valence-corrected chi connectivity index (χ1v) is 7.56. The fourth-order valence-corrected chi connectivity index (χ4v) is 1.86. The largest absolute Gasteiger partial charge is 0.383 e. The van der Waals surface area contributed by atoms with Crippen molar-refractivity contribution >= 4 is 5.96 Å². The molecule has 6 heteroatoms. The van der Waals surface area contributed by atoms with Crippen molar-refractivity contribution in [2.45, 2.75) is 13.5 Å². The minimum atomic E-state index is 0.759. The third-order valence-corrected chi connectivity index (χ3v) is 3.10. The summed E-state index contributed by atoms with van der Waals surface area (Å²) < 4.78 is 7.21. The zero-order chi connectivity index (χ0) is 15.3. The monoisotopic (exact) mass is 295 g/mol. The van der Waals surface area contributed by atoms with E-state index in [1.165, 1.54) is 0 Å². The van der Waals surface area contributed by atoms with E-state index in [4.69, 9.17) is 4.74 Å². The Bertz CT molecular complexity index is 377. The van der Waals surface area contributed by atoms with Gasteiger partial charge in [0.05, 0.1) is 13.2 Å². The summed E-state index contributed by atoms with van der Waals surface area (Å²) in [6.45, 7) is 8.14. The van der Waals surface area contributed by atoms with Crippen LogP contribution in [-0.2, 0) is 11.3 Å². The van der Waals surface area contributed by atoms with Crippen molar-refractivity contribution in [2.75, 3.05) is 53.5 Å². The van der Waals surface area contributed by atoms with Gasteiger partial charge in [0, 0.05) is 52.2 Å². The molecule has 0 amide bonds. The molecule has 0 aliphatic rings. The van der Waals surface area contributed by atoms with Gasteiger partial charge in [-0.2, -0.15) is 0 Å². The molecule has 6 nitrogen and oxygen atoms in total. The lowest BCUT2D eigenvalue weighted by atomic mass is 10.5. The average Bonchev–Trinajstić information content (AvgIpc) is 2.98. The molecule has 0 radical (unpaired) electrons. The van der Waals surface area contributed by atoms with Gasteiger partial charge in [-0.15, -0.1) is 0 Å². The zero-order valence-corrected chi connectivity index (χ0v) is 13.5. The van der Waals surface area contributed by atoms with E-state index >= 15 is 0 Å². The summed E-state index contributed by atoms with van der Waals surface area (Å²) in [4.78, 5) is 6.80. The van der Waals surface area contributed by atoms with Crippen molar-refractivity contribution in [3.8, 4) is 0 Å². The van der Waals surface area contributed by atoms with Crippen molar-refractivity contribution < 1.29 is 4.74 Å². The number of rotatable bonds is 10. The Morgan fingerprint density at radius 1 is 1.24 bits per heavy atom. The van der Waals surface area contributed by atoms with Gasteiger partial charge in [-0.05, 0) is 26.1 Å². The van der Waals surface area contributed by atoms with E-state index in [9.17, 15) is 0 Å². The Morgan fingerprint density at radius 3 is 2.67 bits per heavy atom. The second-order valence-corrected chi connectivity index (χ2v) is 4.90. The molecular weight excluding hydrogens is 266 g/mol. The summed E-state index contributed by atoms with van der Waals surface area (Å²) in [5.41, 5.74) is 0. The third kappa shape index (κ3) is 8.37. The highest BCUT2D eigenvalue weighted by Crippen LogP contribution is 1.88. The van der Waals surface area contributed by atoms with Crippen molar-refractivity contribution in [2.24, 2.45) is 4.99 Å². The van der Waals surface area contributed by atoms with Crippen LogP contribution in [0.4, 0.5) is 0 Å². The number of nitrogens with one attached hydrogen (secondary N) is 2. The molecular formula is C15H29N5O. The first-order chi connectivity index (χ1) is 10.3. The Hall–Kier alpha value is -1.53. The lowest BCUT2D eigenvalue weighted by Gasteiger charge is -2.15. The predicted octanol–water partition coefficient (Wildman–Crippen LogP) is 0.621. The van der Waals surface area contributed by atoms with E-state index in [0.717, 1.165) is 51.8 Å². The summed E-state index contributed by atoms with van der Waals surface area (Å²) >= 11 is 0. The van der Waals surface area contributed by atoms with Crippen molar-refractivity contribution in [3.63, 3.8) is 0 Å². The highest BCUT2D eigenvalue weighted by molar-refractivity contribution is 5.79. The van der Waals surface area contributed by atoms with Crippen LogP contribution in [0.1, 0.15) is 6.92 Å². The fourth-order valence-electron chi connectivity index (χ4n) is 1.86. The molecule has 0 saturated heterocycles. The van der Waals surface area contributed by atoms with E-state index in [0.29, 0.717) is 0 Å². The maximum absolute atomic E-state index is 5.06. The molecule has 1 rings (SSSR count). The molecule has 21 heavy (non-hydrogen) atoms. The van der Waals surface area contributed by atoms with Crippen molar-refractivity contribution in [1.82, 2.24) is 20.1 Å². The molecule has 0 fully saturated rings. The standard InChI is InChI=1S/C15H29N5O/c1-4-16-15(17-7-11-19(2)13-14-21-3)18-8-12-20-9-5-6-10-20/h5-6,9-10H,4,7-8,11-14H2,1-3H3,(H2,16,17,18). The molecule has 0 unspecified atom stereocenters. The number of guanidine groups is 1. The van der Waals surface area contributed by atoms with Crippen LogP contribution in [0.3, 0.4) is 0 Å². The van der Waals surface area contributed by atoms with Crippen LogP contribution in [-0.4, -0.2) is 68.9 Å². The second kappa shape index (κ2) is 11.2. The topological polar surface area (TPSA) is 53.8 Å². The van der Waals surface area contributed by atoms with Crippen LogP contribution < -0.4 is 10.6 Å². The molecule has 2 N–H and O–H groups in total. The van der Waals surface area contributed by atoms with Crippen LogP contribution >= 0.6 is 0 Å². The normalized spacial score (nSPS) is 11.9. The summed E-state index contributed by atoms with van der Waals surface area (Å²) in [6, 6.07) is 4.07. The molecule has 1 aromatic rings. The maximum atomic E-state index is 5.06. The van der Waals surface area contributed by atoms with Crippen LogP contribution in [0.15, 0.2) is 29.5 Å². The third-order valence-electron chi connectivity index (χ3n) is 3.10. The molecule has 1 heterocycles. The van der Waals surface area contributed by atoms with Gasteiger partial charge >= 0.3 is 0 Å². The Balaban J connectivity index is 2.25. The second-order valence-electron chi connectivity index (χ2n) is 4.90. The zero-order valence-electron chi connectivity index (χ0n) is 13.5. The van der Waals surface area contributed by atoms with Crippen LogP contribution in [0.2, 0.25) is 0 Å². The van der Waals surface area contributed by atoms with Crippen LogP contribution in [0, 0.1) is 0 Å². The fraction of sp³-hybridized carbons (Fsp3) is 0.667. The number of hydrogen-bond acceptors (Lipinski definition) is 3. The van der Waals surface area contributed by atoms with E-state index < -0.39 is 0 Å². The average molecular weight is 295 g/mol. The van der Waals surface area contributed by atoms with Gasteiger partial charge in [-0.1, -0.05) is 0 Å². The predicted molar refractivity (Wildman–Crippen MR) is 87.8 cm³/mol. The summed E-state index contributed by atoms with van der Waals surface area (Å²) in [6.07, 6.45) is 4.13. The van der Waals surface area contributed by atoms with E-state index in [1.54, 1.807) is 7.11 Å². The molecule has 0 spiro atoms. The Morgan fingerprint density at radius 2 is 2.00 bits per heavy atom. The molecule has 0 aliphatic heterocycles.